The fourth-order valence-electron chi connectivity index (χ4n) is 2.20. The Balaban J connectivity index is 1.99. The van der Waals surface area contributed by atoms with Crippen LogP contribution < -0.4 is 10.9 Å². The first kappa shape index (κ1) is 17.8. The zero-order valence-electron chi connectivity index (χ0n) is 13.0. The molecule has 24 heavy (non-hydrogen) atoms. The zero-order chi connectivity index (χ0) is 17.7. The fraction of sp³-hybridized carbons (Fsp3) is 0.294. The molecule has 1 heterocycles. The molecule has 2 rings (SSSR count). The summed E-state index contributed by atoms with van der Waals surface area (Å²) in [5, 5.41) is 2.63. The van der Waals surface area contributed by atoms with E-state index in [4.69, 9.17) is 0 Å². The number of hydrogen-bond acceptors (Lipinski definition) is 2. The average molecular weight is 338 g/mol. The summed E-state index contributed by atoms with van der Waals surface area (Å²) in [4.78, 5) is 23.5. The number of carbonyl (C=O) groups is 1. The average Bonchev–Trinajstić information content (AvgIpc) is 2.54. The van der Waals surface area contributed by atoms with Gasteiger partial charge in [-0.3, -0.25) is 9.59 Å². The highest BCUT2D eigenvalue weighted by Gasteiger charge is 2.31. The van der Waals surface area contributed by atoms with E-state index < -0.39 is 29.8 Å². The van der Waals surface area contributed by atoms with Crippen LogP contribution in [0.4, 0.5) is 13.2 Å². The van der Waals surface area contributed by atoms with E-state index in [0.717, 1.165) is 16.2 Å². The van der Waals surface area contributed by atoms with E-state index in [-0.39, 0.29) is 5.92 Å². The Bertz CT molecular complexity index is 754. The van der Waals surface area contributed by atoms with Gasteiger partial charge >= 0.3 is 6.18 Å². The van der Waals surface area contributed by atoms with E-state index in [1.807, 2.05) is 37.3 Å². The fourth-order valence-corrected chi connectivity index (χ4v) is 2.20. The zero-order valence-corrected chi connectivity index (χ0v) is 13.0. The Hall–Kier alpha value is -2.57. The molecule has 1 aromatic heterocycles. The Labute approximate surface area is 136 Å². The van der Waals surface area contributed by atoms with Gasteiger partial charge in [0.1, 0.15) is 6.54 Å². The number of amides is 1. The van der Waals surface area contributed by atoms with Crippen LogP contribution in [0.3, 0.4) is 0 Å². The van der Waals surface area contributed by atoms with E-state index in [1.165, 1.54) is 0 Å². The topological polar surface area (TPSA) is 51.1 Å². The summed E-state index contributed by atoms with van der Waals surface area (Å²) < 4.78 is 38.7. The Morgan fingerprint density at radius 1 is 1.17 bits per heavy atom. The molecule has 2 aromatic rings. The van der Waals surface area contributed by atoms with Gasteiger partial charge < -0.3 is 9.88 Å². The Morgan fingerprint density at radius 2 is 1.83 bits per heavy atom. The van der Waals surface area contributed by atoms with Crippen molar-refractivity contribution in [2.45, 2.75) is 25.6 Å². The predicted molar refractivity (Wildman–Crippen MR) is 83.6 cm³/mol. The third kappa shape index (κ3) is 4.71. The van der Waals surface area contributed by atoms with Crippen LogP contribution >= 0.6 is 0 Å². The molecule has 0 saturated heterocycles. The summed E-state index contributed by atoms with van der Waals surface area (Å²) in [7, 11) is 0. The van der Waals surface area contributed by atoms with Gasteiger partial charge in [-0.25, -0.2) is 0 Å². The molecular formula is C17H17F3N2O2. The van der Waals surface area contributed by atoms with E-state index >= 15 is 0 Å². The molecule has 1 N–H and O–H groups in total. The van der Waals surface area contributed by atoms with Crippen LogP contribution in [-0.2, 0) is 17.5 Å². The van der Waals surface area contributed by atoms with E-state index in [9.17, 15) is 22.8 Å². The van der Waals surface area contributed by atoms with Gasteiger partial charge in [0.2, 0.25) is 5.91 Å². The van der Waals surface area contributed by atoms with Gasteiger partial charge in [-0.05, 0) is 17.5 Å². The lowest BCUT2D eigenvalue weighted by Crippen LogP contribution is -2.34. The molecule has 1 atom stereocenters. The number of pyridine rings is 1. The number of nitrogens with one attached hydrogen (secondary N) is 1. The first-order chi connectivity index (χ1) is 11.3. The van der Waals surface area contributed by atoms with Crippen molar-refractivity contribution in [3.63, 3.8) is 0 Å². The normalized spacial score (nSPS) is 12.7. The highest BCUT2D eigenvalue weighted by molar-refractivity contribution is 5.75. The van der Waals surface area contributed by atoms with Gasteiger partial charge in [-0.2, -0.15) is 13.2 Å². The number of alkyl halides is 3. The van der Waals surface area contributed by atoms with Crippen LogP contribution in [0.5, 0.6) is 0 Å². The molecule has 128 valence electrons. The maximum absolute atomic E-state index is 12.7. The van der Waals surface area contributed by atoms with Crippen molar-refractivity contribution in [2.24, 2.45) is 0 Å². The van der Waals surface area contributed by atoms with Crippen LogP contribution in [-0.4, -0.2) is 17.0 Å². The Morgan fingerprint density at radius 3 is 2.46 bits per heavy atom. The number of aromatic nitrogens is 1. The number of nitrogens with zero attached hydrogens (tertiary/aromatic N) is 1. The summed E-state index contributed by atoms with van der Waals surface area (Å²) in [6.07, 6.45) is -3.91. The molecule has 0 aliphatic carbocycles. The largest absolute Gasteiger partial charge is 0.417 e. The molecule has 0 aliphatic heterocycles. The van der Waals surface area contributed by atoms with Crippen molar-refractivity contribution < 1.29 is 18.0 Å². The van der Waals surface area contributed by atoms with Crippen molar-refractivity contribution in [3.05, 3.63) is 70.1 Å². The van der Waals surface area contributed by atoms with Crippen LogP contribution in [0.1, 0.15) is 24.0 Å². The van der Waals surface area contributed by atoms with Crippen molar-refractivity contribution in [1.82, 2.24) is 9.88 Å². The van der Waals surface area contributed by atoms with Gasteiger partial charge in [0.15, 0.2) is 0 Å². The third-order valence-electron chi connectivity index (χ3n) is 3.60. The molecular weight excluding hydrogens is 321 g/mol. The third-order valence-corrected chi connectivity index (χ3v) is 3.60. The molecule has 0 radical (unpaired) electrons. The summed E-state index contributed by atoms with van der Waals surface area (Å²) in [5.74, 6) is -0.465. The molecule has 7 heteroatoms. The van der Waals surface area contributed by atoms with Crippen molar-refractivity contribution in [1.29, 1.82) is 0 Å². The molecule has 0 spiro atoms. The summed E-state index contributed by atoms with van der Waals surface area (Å²) in [6.45, 7) is 1.80. The van der Waals surface area contributed by atoms with Crippen LogP contribution in [0.25, 0.3) is 0 Å². The first-order valence-electron chi connectivity index (χ1n) is 7.36. The second-order valence-electron chi connectivity index (χ2n) is 5.50. The van der Waals surface area contributed by atoms with Crippen molar-refractivity contribution >= 4 is 5.91 Å². The maximum atomic E-state index is 12.7. The number of benzene rings is 1. The smallest absolute Gasteiger partial charge is 0.354 e. The number of hydrogen-bond donors (Lipinski definition) is 1. The second kappa shape index (κ2) is 7.33. The second-order valence-corrected chi connectivity index (χ2v) is 5.50. The number of rotatable bonds is 5. The van der Waals surface area contributed by atoms with Crippen LogP contribution in [0.15, 0.2) is 53.5 Å². The van der Waals surface area contributed by atoms with Crippen molar-refractivity contribution in [2.75, 3.05) is 6.54 Å². The highest BCUT2D eigenvalue weighted by atomic mass is 19.4. The number of carbonyl (C=O) groups excluding carboxylic acids is 1. The summed E-state index contributed by atoms with van der Waals surface area (Å²) in [5.41, 5.74) is -0.587. The first-order valence-corrected chi connectivity index (χ1v) is 7.36. The highest BCUT2D eigenvalue weighted by Crippen LogP contribution is 2.27. The predicted octanol–water partition coefficient (Wildman–Crippen LogP) is 2.79. The van der Waals surface area contributed by atoms with Gasteiger partial charge in [-0.15, -0.1) is 0 Å². The molecule has 0 fully saturated rings. The quantitative estimate of drug-likeness (QED) is 0.911. The van der Waals surface area contributed by atoms with Gasteiger partial charge in [-0.1, -0.05) is 37.3 Å². The SMILES string of the molecule is C[C@H](CNC(=O)Cn1cc(C(F)(F)F)ccc1=O)c1ccccc1. The molecule has 0 aliphatic rings. The lowest BCUT2D eigenvalue weighted by atomic mass is 10.0. The van der Waals surface area contributed by atoms with E-state index in [2.05, 4.69) is 5.32 Å². The summed E-state index contributed by atoms with van der Waals surface area (Å²) >= 11 is 0. The van der Waals surface area contributed by atoms with E-state index in [1.54, 1.807) is 0 Å². The van der Waals surface area contributed by atoms with Gasteiger partial charge in [0.05, 0.1) is 5.56 Å². The molecule has 4 nitrogen and oxygen atoms in total. The minimum Gasteiger partial charge on any atom is -0.354 e. The molecule has 0 unspecified atom stereocenters. The lowest BCUT2D eigenvalue weighted by Gasteiger charge is -2.14. The summed E-state index contributed by atoms with van der Waals surface area (Å²) in [6, 6.07) is 11.0. The maximum Gasteiger partial charge on any atom is 0.417 e. The van der Waals surface area contributed by atoms with Crippen molar-refractivity contribution in [3.8, 4) is 0 Å². The lowest BCUT2D eigenvalue weighted by molar-refractivity contribution is -0.138. The molecule has 1 amide bonds. The minimum atomic E-state index is -4.56. The van der Waals surface area contributed by atoms with Crippen LogP contribution in [0.2, 0.25) is 0 Å². The molecule has 1 aromatic carbocycles. The molecule has 0 bridgehead atoms. The van der Waals surface area contributed by atoms with Gasteiger partial charge in [0.25, 0.3) is 5.56 Å². The number of halogens is 3. The van der Waals surface area contributed by atoms with E-state index in [0.29, 0.717) is 18.8 Å². The molecule has 0 saturated carbocycles. The standard InChI is InChI=1S/C17H17F3N2O2/c1-12(13-5-3-2-4-6-13)9-21-15(23)11-22-10-14(17(18,19)20)7-8-16(22)24/h2-8,10,12H,9,11H2,1H3,(H,21,23)/t12-/m1/s1. The monoisotopic (exact) mass is 338 g/mol. The van der Waals surface area contributed by atoms with Gasteiger partial charge in [0, 0.05) is 18.8 Å². The van der Waals surface area contributed by atoms with Crippen LogP contribution in [0, 0.1) is 0 Å². The Kier molecular flexibility index (Phi) is 5.43. The minimum absolute atomic E-state index is 0.0494.